The monoisotopic (exact) mass is 248 g/mol. The highest BCUT2D eigenvalue weighted by Gasteiger charge is 2.21. The predicted octanol–water partition coefficient (Wildman–Crippen LogP) is 3.86. The molecule has 0 aromatic carbocycles. The molecule has 0 radical (unpaired) electrons. The molecule has 2 rings (SSSR count). The molecule has 0 aliphatic heterocycles. The molecular weight excluding hydrogens is 224 g/mol. The molecule has 1 aromatic rings. The fourth-order valence-corrected chi connectivity index (χ4v) is 2.86. The highest BCUT2D eigenvalue weighted by atomic mass is 16.5. The number of hydrogen-bond donors (Lipinski definition) is 1. The Hall–Kier alpha value is -1.25. The molecule has 3 nitrogen and oxygen atoms in total. The predicted molar refractivity (Wildman–Crippen MR) is 75.1 cm³/mol. The van der Waals surface area contributed by atoms with Gasteiger partial charge in [-0.1, -0.05) is 19.8 Å². The minimum absolute atomic E-state index is 0.557. The van der Waals surface area contributed by atoms with Gasteiger partial charge in [0.2, 0.25) is 0 Å². The Kier molecular flexibility index (Phi) is 4.85. The van der Waals surface area contributed by atoms with Crippen LogP contribution in [-0.4, -0.2) is 18.1 Å². The van der Waals surface area contributed by atoms with Crippen LogP contribution in [0.2, 0.25) is 0 Å². The Morgan fingerprint density at radius 1 is 1.33 bits per heavy atom. The molecule has 1 fully saturated rings. The normalized spacial score (nSPS) is 23.7. The van der Waals surface area contributed by atoms with E-state index in [1.807, 2.05) is 18.3 Å². The maximum Gasteiger partial charge on any atom is 0.168 e. The van der Waals surface area contributed by atoms with Crippen molar-refractivity contribution in [2.45, 2.75) is 51.5 Å². The highest BCUT2D eigenvalue weighted by molar-refractivity contribution is 5.50. The van der Waals surface area contributed by atoms with E-state index in [-0.39, 0.29) is 0 Å². The van der Waals surface area contributed by atoms with E-state index in [0.29, 0.717) is 6.04 Å². The molecule has 1 saturated carbocycles. The second kappa shape index (κ2) is 6.62. The largest absolute Gasteiger partial charge is 0.493 e. The van der Waals surface area contributed by atoms with Gasteiger partial charge < -0.3 is 10.1 Å². The maximum absolute atomic E-state index is 5.32. The quantitative estimate of drug-likeness (QED) is 0.859. The third-order valence-corrected chi connectivity index (χ3v) is 3.88. The van der Waals surface area contributed by atoms with Crippen molar-refractivity contribution in [1.29, 1.82) is 0 Å². The third kappa shape index (κ3) is 3.37. The van der Waals surface area contributed by atoms with Gasteiger partial charge in [-0.3, -0.25) is 0 Å². The summed E-state index contributed by atoms with van der Waals surface area (Å²) in [6, 6.07) is 4.42. The van der Waals surface area contributed by atoms with Crippen molar-refractivity contribution in [2.75, 3.05) is 12.4 Å². The first-order chi connectivity index (χ1) is 8.83. The van der Waals surface area contributed by atoms with Gasteiger partial charge in [-0.2, -0.15) is 0 Å². The molecule has 0 bridgehead atoms. The summed E-state index contributed by atoms with van der Waals surface area (Å²) in [5.41, 5.74) is 0. The molecule has 0 saturated heterocycles. The van der Waals surface area contributed by atoms with Crippen LogP contribution in [0, 0.1) is 5.92 Å². The zero-order valence-corrected chi connectivity index (χ0v) is 11.5. The topological polar surface area (TPSA) is 34.2 Å². The van der Waals surface area contributed by atoms with Gasteiger partial charge in [0.25, 0.3) is 0 Å². The first kappa shape index (κ1) is 13.2. The molecule has 1 aromatic heterocycles. The second-order valence-corrected chi connectivity index (χ2v) is 5.20. The standard InChI is InChI=1S/C15H24N2O/c1-3-5-12-7-9-13(10-8-12)17-15-14(18-2)6-4-11-16-15/h4,6,11-13H,3,5,7-10H2,1-2H3,(H,16,17). The molecule has 0 unspecified atom stereocenters. The zero-order chi connectivity index (χ0) is 12.8. The smallest absolute Gasteiger partial charge is 0.168 e. The Morgan fingerprint density at radius 3 is 2.78 bits per heavy atom. The number of aromatic nitrogens is 1. The van der Waals surface area contributed by atoms with Crippen LogP contribution >= 0.6 is 0 Å². The van der Waals surface area contributed by atoms with Crippen LogP contribution in [0.15, 0.2) is 18.3 Å². The molecule has 1 N–H and O–H groups in total. The number of methoxy groups -OCH3 is 1. The van der Waals surface area contributed by atoms with Gasteiger partial charge in [0.1, 0.15) is 0 Å². The maximum atomic E-state index is 5.32. The van der Waals surface area contributed by atoms with E-state index in [0.717, 1.165) is 17.5 Å². The Morgan fingerprint density at radius 2 is 2.11 bits per heavy atom. The van der Waals surface area contributed by atoms with E-state index in [4.69, 9.17) is 4.74 Å². The lowest BCUT2D eigenvalue weighted by Crippen LogP contribution is -2.26. The fourth-order valence-electron chi connectivity index (χ4n) is 2.86. The number of pyridine rings is 1. The zero-order valence-electron chi connectivity index (χ0n) is 11.5. The second-order valence-electron chi connectivity index (χ2n) is 5.20. The minimum Gasteiger partial charge on any atom is -0.493 e. The van der Waals surface area contributed by atoms with E-state index in [1.54, 1.807) is 7.11 Å². The van der Waals surface area contributed by atoms with Crippen molar-refractivity contribution in [3.8, 4) is 5.75 Å². The van der Waals surface area contributed by atoms with Crippen molar-refractivity contribution in [2.24, 2.45) is 5.92 Å². The lowest BCUT2D eigenvalue weighted by atomic mass is 9.83. The van der Waals surface area contributed by atoms with Gasteiger partial charge in [-0.05, 0) is 43.7 Å². The van der Waals surface area contributed by atoms with Crippen LogP contribution in [0.3, 0.4) is 0 Å². The van der Waals surface area contributed by atoms with Crippen molar-refractivity contribution in [3.63, 3.8) is 0 Å². The van der Waals surface area contributed by atoms with Crippen LogP contribution < -0.4 is 10.1 Å². The summed E-state index contributed by atoms with van der Waals surface area (Å²) in [4.78, 5) is 4.36. The average Bonchev–Trinajstić information content (AvgIpc) is 2.42. The van der Waals surface area contributed by atoms with Crippen LogP contribution in [0.25, 0.3) is 0 Å². The fraction of sp³-hybridized carbons (Fsp3) is 0.667. The summed E-state index contributed by atoms with van der Waals surface area (Å²) in [7, 11) is 1.69. The molecule has 18 heavy (non-hydrogen) atoms. The summed E-state index contributed by atoms with van der Waals surface area (Å²) in [5, 5.41) is 3.53. The third-order valence-electron chi connectivity index (χ3n) is 3.88. The van der Waals surface area contributed by atoms with Crippen LogP contribution in [0.1, 0.15) is 45.4 Å². The molecule has 0 amide bonds. The molecule has 0 spiro atoms. The van der Waals surface area contributed by atoms with Gasteiger partial charge in [-0.25, -0.2) is 4.98 Å². The Labute approximate surface area is 110 Å². The van der Waals surface area contributed by atoms with Gasteiger partial charge in [0.15, 0.2) is 11.6 Å². The first-order valence-corrected chi connectivity index (χ1v) is 7.09. The summed E-state index contributed by atoms with van der Waals surface area (Å²) in [6.07, 6.45) is 9.72. The number of anilines is 1. The molecule has 1 aliphatic carbocycles. The van der Waals surface area contributed by atoms with Crippen molar-refractivity contribution in [1.82, 2.24) is 4.98 Å². The Balaban J connectivity index is 1.87. The summed E-state index contributed by atoms with van der Waals surface area (Å²) >= 11 is 0. The minimum atomic E-state index is 0.557. The molecule has 1 aliphatic rings. The van der Waals surface area contributed by atoms with Crippen LogP contribution in [0.5, 0.6) is 5.75 Å². The van der Waals surface area contributed by atoms with E-state index in [9.17, 15) is 0 Å². The van der Waals surface area contributed by atoms with Crippen molar-refractivity contribution < 1.29 is 4.74 Å². The van der Waals surface area contributed by atoms with E-state index < -0.39 is 0 Å². The summed E-state index contributed by atoms with van der Waals surface area (Å²) in [5.74, 6) is 2.67. The molecule has 100 valence electrons. The lowest BCUT2D eigenvalue weighted by molar-refractivity contribution is 0.318. The van der Waals surface area contributed by atoms with Gasteiger partial charge in [0, 0.05) is 12.2 Å². The Bertz CT molecular complexity index is 359. The summed E-state index contributed by atoms with van der Waals surface area (Å²) in [6.45, 7) is 2.28. The molecule has 3 heteroatoms. The molecular formula is C15H24N2O. The van der Waals surface area contributed by atoms with E-state index in [1.165, 1.54) is 38.5 Å². The average molecular weight is 248 g/mol. The number of ether oxygens (including phenoxy) is 1. The van der Waals surface area contributed by atoms with Crippen LogP contribution in [0.4, 0.5) is 5.82 Å². The number of nitrogens with zero attached hydrogens (tertiary/aromatic N) is 1. The number of nitrogens with one attached hydrogen (secondary N) is 1. The molecule has 0 atom stereocenters. The number of hydrogen-bond acceptors (Lipinski definition) is 3. The molecule has 1 heterocycles. The van der Waals surface area contributed by atoms with E-state index in [2.05, 4.69) is 17.2 Å². The summed E-state index contributed by atoms with van der Waals surface area (Å²) < 4.78 is 5.32. The van der Waals surface area contributed by atoms with Crippen molar-refractivity contribution >= 4 is 5.82 Å². The van der Waals surface area contributed by atoms with Gasteiger partial charge >= 0.3 is 0 Å². The SMILES string of the molecule is CCCC1CCC(Nc2ncccc2OC)CC1. The van der Waals surface area contributed by atoms with E-state index >= 15 is 0 Å². The van der Waals surface area contributed by atoms with Gasteiger partial charge in [0.05, 0.1) is 7.11 Å². The van der Waals surface area contributed by atoms with Gasteiger partial charge in [-0.15, -0.1) is 0 Å². The van der Waals surface area contributed by atoms with Crippen molar-refractivity contribution in [3.05, 3.63) is 18.3 Å². The van der Waals surface area contributed by atoms with Crippen LogP contribution in [-0.2, 0) is 0 Å². The lowest BCUT2D eigenvalue weighted by Gasteiger charge is -2.29. The number of rotatable bonds is 5. The highest BCUT2D eigenvalue weighted by Crippen LogP contribution is 2.30. The first-order valence-electron chi connectivity index (χ1n) is 7.09.